The van der Waals surface area contributed by atoms with Crippen LogP contribution in [-0.2, 0) is 9.59 Å². The van der Waals surface area contributed by atoms with Gasteiger partial charge < -0.3 is 19.9 Å². The molecule has 1 N–H and O–H groups in total. The SMILES string of the molecule is CCN(CC(=O)NC(C)(C)C)C(=O)C1CCCN(C(=O)c2ccccc2OC(F)F)C1. The second kappa shape index (κ2) is 10.5. The van der Waals surface area contributed by atoms with Gasteiger partial charge in [0.05, 0.1) is 18.0 Å². The fraction of sp³-hybridized carbons (Fsp3) is 0.591. The fourth-order valence-corrected chi connectivity index (χ4v) is 3.61. The van der Waals surface area contributed by atoms with Crippen molar-refractivity contribution in [2.45, 2.75) is 52.7 Å². The van der Waals surface area contributed by atoms with Crippen LogP contribution in [0.2, 0.25) is 0 Å². The van der Waals surface area contributed by atoms with Gasteiger partial charge in [-0.25, -0.2) is 0 Å². The van der Waals surface area contributed by atoms with Gasteiger partial charge in [-0.15, -0.1) is 0 Å². The molecule has 1 aliphatic rings. The molecule has 3 amide bonds. The Morgan fingerprint density at radius 1 is 1.26 bits per heavy atom. The van der Waals surface area contributed by atoms with Crippen LogP contribution >= 0.6 is 0 Å². The summed E-state index contributed by atoms with van der Waals surface area (Å²) in [5, 5.41) is 2.84. The summed E-state index contributed by atoms with van der Waals surface area (Å²) in [6, 6.07) is 5.84. The zero-order valence-corrected chi connectivity index (χ0v) is 18.5. The van der Waals surface area contributed by atoms with Crippen molar-refractivity contribution in [1.29, 1.82) is 0 Å². The number of halogens is 2. The van der Waals surface area contributed by atoms with Gasteiger partial charge in [0.25, 0.3) is 5.91 Å². The third-order valence-corrected chi connectivity index (χ3v) is 4.93. The van der Waals surface area contributed by atoms with Crippen molar-refractivity contribution in [3.05, 3.63) is 29.8 Å². The van der Waals surface area contributed by atoms with Crippen molar-refractivity contribution >= 4 is 17.7 Å². The van der Waals surface area contributed by atoms with E-state index in [1.54, 1.807) is 13.0 Å². The van der Waals surface area contributed by atoms with E-state index < -0.39 is 24.0 Å². The number of amides is 3. The molecule has 1 aromatic carbocycles. The summed E-state index contributed by atoms with van der Waals surface area (Å²) in [4.78, 5) is 41.2. The third kappa shape index (κ3) is 7.18. The van der Waals surface area contributed by atoms with Gasteiger partial charge in [-0.2, -0.15) is 8.78 Å². The first-order valence-corrected chi connectivity index (χ1v) is 10.4. The molecule has 1 saturated heterocycles. The maximum Gasteiger partial charge on any atom is 0.387 e. The number of alkyl halides is 2. The quantitative estimate of drug-likeness (QED) is 0.709. The highest BCUT2D eigenvalue weighted by Gasteiger charge is 2.33. The number of carbonyl (C=O) groups excluding carboxylic acids is 3. The van der Waals surface area contributed by atoms with E-state index in [1.807, 2.05) is 20.8 Å². The number of hydrogen-bond acceptors (Lipinski definition) is 4. The highest BCUT2D eigenvalue weighted by Crippen LogP contribution is 2.25. The molecule has 31 heavy (non-hydrogen) atoms. The van der Waals surface area contributed by atoms with Crippen molar-refractivity contribution in [2.75, 3.05) is 26.2 Å². The molecular formula is C22H31F2N3O4. The molecule has 1 atom stereocenters. The Balaban J connectivity index is 2.08. The number of rotatable bonds is 7. The molecule has 1 heterocycles. The highest BCUT2D eigenvalue weighted by molar-refractivity contribution is 5.97. The summed E-state index contributed by atoms with van der Waals surface area (Å²) >= 11 is 0. The predicted molar refractivity (Wildman–Crippen MR) is 112 cm³/mol. The molecule has 0 spiro atoms. The van der Waals surface area contributed by atoms with E-state index in [0.29, 0.717) is 25.9 Å². The minimum Gasteiger partial charge on any atom is -0.434 e. The molecule has 0 bridgehead atoms. The number of ether oxygens (including phenoxy) is 1. The Kier molecular flexibility index (Phi) is 8.36. The number of para-hydroxylation sites is 1. The smallest absolute Gasteiger partial charge is 0.387 e. The summed E-state index contributed by atoms with van der Waals surface area (Å²) in [6.07, 6.45) is 1.20. The molecule has 2 rings (SSSR count). The van der Waals surface area contributed by atoms with E-state index in [0.717, 1.165) is 0 Å². The molecule has 7 nitrogen and oxygen atoms in total. The normalized spacial score (nSPS) is 16.7. The average Bonchev–Trinajstić information content (AvgIpc) is 2.69. The van der Waals surface area contributed by atoms with Gasteiger partial charge in [0.1, 0.15) is 5.75 Å². The summed E-state index contributed by atoms with van der Waals surface area (Å²) < 4.78 is 29.8. The van der Waals surface area contributed by atoms with Crippen LogP contribution in [0.25, 0.3) is 0 Å². The Morgan fingerprint density at radius 2 is 1.94 bits per heavy atom. The lowest BCUT2D eigenvalue weighted by atomic mass is 9.95. The molecule has 1 fully saturated rings. The molecule has 1 unspecified atom stereocenters. The number of carbonyl (C=O) groups is 3. The van der Waals surface area contributed by atoms with E-state index in [4.69, 9.17) is 0 Å². The van der Waals surface area contributed by atoms with Crippen LogP contribution < -0.4 is 10.1 Å². The maximum atomic E-state index is 13.0. The number of benzene rings is 1. The molecule has 0 aromatic heterocycles. The fourth-order valence-electron chi connectivity index (χ4n) is 3.61. The summed E-state index contributed by atoms with van der Waals surface area (Å²) in [5.74, 6) is -1.54. The minimum absolute atomic E-state index is 0.0350. The van der Waals surface area contributed by atoms with Gasteiger partial charge in [0.15, 0.2) is 0 Å². The second-order valence-corrected chi connectivity index (χ2v) is 8.62. The monoisotopic (exact) mass is 439 g/mol. The number of hydrogen-bond donors (Lipinski definition) is 1. The molecule has 0 radical (unpaired) electrons. The average molecular weight is 440 g/mol. The Morgan fingerprint density at radius 3 is 2.55 bits per heavy atom. The van der Waals surface area contributed by atoms with E-state index >= 15 is 0 Å². The molecule has 1 aliphatic heterocycles. The standard InChI is InChI=1S/C22H31F2N3O4/c1-5-26(14-18(28)25-22(2,3)4)19(29)15-9-8-12-27(13-15)20(30)16-10-6-7-11-17(16)31-21(23)24/h6-7,10-11,15,21H,5,8-9,12-14H2,1-4H3,(H,25,28). The highest BCUT2D eigenvalue weighted by atomic mass is 19.3. The van der Waals surface area contributed by atoms with Gasteiger partial charge in [-0.05, 0) is 52.7 Å². The number of piperidine rings is 1. The molecule has 9 heteroatoms. The third-order valence-electron chi connectivity index (χ3n) is 4.93. The van der Waals surface area contributed by atoms with Crippen LogP contribution in [0.5, 0.6) is 5.75 Å². The van der Waals surface area contributed by atoms with Crippen molar-refractivity contribution in [3.63, 3.8) is 0 Å². The number of nitrogens with zero attached hydrogens (tertiary/aromatic N) is 2. The van der Waals surface area contributed by atoms with E-state index in [9.17, 15) is 23.2 Å². The van der Waals surface area contributed by atoms with Crippen LogP contribution in [0.4, 0.5) is 8.78 Å². The minimum atomic E-state index is -3.04. The van der Waals surface area contributed by atoms with E-state index in [2.05, 4.69) is 10.1 Å². The lowest BCUT2D eigenvalue weighted by molar-refractivity contribution is -0.140. The topological polar surface area (TPSA) is 79.0 Å². The zero-order chi connectivity index (χ0) is 23.2. The molecule has 0 saturated carbocycles. The van der Waals surface area contributed by atoms with Crippen LogP contribution in [0, 0.1) is 5.92 Å². The van der Waals surface area contributed by atoms with Crippen molar-refractivity contribution in [1.82, 2.24) is 15.1 Å². The summed E-state index contributed by atoms with van der Waals surface area (Å²) in [5.41, 5.74) is -0.366. The van der Waals surface area contributed by atoms with Gasteiger partial charge in [-0.1, -0.05) is 12.1 Å². The largest absolute Gasteiger partial charge is 0.434 e. The van der Waals surface area contributed by atoms with Gasteiger partial charge >= 0.3 is 6.61 Å². The van der Waals surface area contributed by atoms with Crippen LogP contribution in [0.1, 0.15) is 50.9 Å². The number of likely N-dealkylation sites (tertiary alicyclic amines) is 1. The van der Waals surface area contributed by atoms with Crippen LogP contribution in [-0.4, -0.2) is 65.9 Å². The van der Waals surface area contributed by atoms with Crippen LogP contribution in [0.3, 0.4) is 0 Å². The Bertz CT molecular complexity index is 795. The van der Waals surface area contributed by atoms with E-state index in [1.165, 1.54) is 28.0 Å². The first-order valence-electron chi connectivity index (χ1n) is 10.4. The second-order valence-electron chi connectivity index (χ2n) is 8.62. The van der Waals surface area contributed by atoms with Gasteiger partial charge in [0.2, 0.25) is 11.8 Å². The predicted octanol–water partition coefficient (Wildman–Crippen LogP) is 2.90. The first kappa shape index (κ1) is 24.6. The molecule has 172 valence electrons. The molecule has 0 aliphatic carbocycles. The lowest BCUT2D eigenvalue weighted by Crippen LogP contribution is -2.51. The first-order chi connectivity index (χ1) is 14.5. The summed E-state index contributed by atoms with van der Waals surface area (Å²) in [6.45, 7) is 5.25. The van der Waals surface area contributed by atoms with Crippen LogP contribution in [0.15, 0.2) is 24.3 Å². The Labute approximate surface area is 181 Å². The van der Waals surface area contributed by atoms with Gasteiger partial charge in [-0.3, -0.25) is 14.4 Å². The lowest BCUT2D eigenvalue weighted by Gasteiger charge is -2.35. The van der Waals surface area contributed by atoms with Crippen molar-refractivity contribution in [2.24, 2.45) is 5.92 Å². The molecular weight excluding hydrogens is 408 g/mol. The number of nitrogens with one attached hydrogen (secondary N) is 1. The summed E-state index contributed by atoms with van der Waals surface area (Å²) in [7, 11) is 0. The molecule has 1 aromatic rings. The zero-order valence-electron chi connectivity index (χ0n) is 18.5. The number of likely N-dealkylation sites (N-methyl/N-ethyl adjacent to an activating group) is 1. The van der Waals surface area contributed by atoms with Gasteiger partial charge in [0, 0.05) is 25.2 Å². The van der Waals surface area contributed by atoms with Crippen molar-refractivity contribution in [3.8, 4) is 5.75 Å². The Hall–Kier alpha value is -2.71. The van der Waals surface area contributed by atoms with E-state index in [-0.39, 0.29) is 36.2 Å². The maximum absolute atomic E-state index is 13.0. The van der Waals surface area contributed by atoms with Crippen molar-refractivity contribution < 1.29 is 27.9 Å².